The zero-order chi connectivity index (χ0) is 14.1. The molecular formula is C13H16N4O3. The highest BCUT2D eigenvalue weighted by Crippen LogP contribution is 2.18. The van der Waals surface area contributed by atoms with Gasteiger partial charge in [-0.15, -0.1) is 0 Å². The lowest BCUT2D eigenvalue weighted by atomic mass is 10.1. The number of nitrogens with zero attached hydrogens (tertiary/aromatic N) is 3. The van der Waals surface area contributed by atoms with Gasteiger partial charge >= 0.3 is 12.0 Å². The Labute approximate surface area is 115 Å². The third-order valence-electron chi connectivity index (χ3n) is 3.74. The second-order valence-corrected chi connectivity index (χ2v) is 5.08. The molecule has 2 heterocycles. The lowest BCUT2D eigenvalue weighted by molar-refractivity contribution is -0.140. The Hall–Kier alpha value is -2.31. The van der Waals surface area contributed by atoms with Crippen LogP contribution in [0.4, 0.5) is 4.79 Å². The molecular weight excluding hydrogens is 260 g/mol. The number of fused-ring (bicyclic) bond motifs is 1. The lowest BCUT2D eigenvalue weighted by Gasteiger charge is -2.28. The topological polar surface area (TPSA) is 87.5 Å². The molecule has 1 aliphatic carbocycles. The number of hydrogen-bond donors (Lipinski definition) is 2. The Kier molecular flexibility index (Phi) is 3.17. The molecule has 2 atom stereocenters. The highest BCUT2D eigenvalue weighted by atomic mass is 16.4. The van der Waals surface area contributed by atoms with Gasteiger partial charge in [0.15, 0.2) is 0 Å². The van der Waals surface area contributed by atoms with Gasteiger partial charge in [-0.25, -0.2) is 9.78 Å². The summed E-state index contributed by atoms with van der Waals surface area (Å²) in [6.07, 6.45) is 7.44. The number of imidazole rings is 1. The summed E-state index contributed by atoms with van der Waals surface area (Å²) in [4.78, 5) is 28.9. The van der Waals surface area contributed by atoms with Gasteiger partial charge in [0.2, 0.25) is 0 Å². The van der Waals surface area contributed by atoms with Gasteiger partial charge in [-0.2, -0.15) is 0 Å². The Morgan fingerprint density at radius 1 is 1.35 bits per heavy atom. The van der Waals surface area contributed by atoms with Crippen molar-refractivity contribution < 1.29 is 14.7 Å². The molecule has 20 heavy (non-hydrogen) atoms. The molecule has 2 N–H and O–H groups in total. The number of carboxylic acid groups (broad SMARTS) is 1. The molecule has 2 unspecified atom stereocenters. The van der Waals surface area contributed by atoms with E-state index in [1.165, 1.54) is 0 Å². The van der Waals surface area contributed by atoms with E-state index in [4.69, 9.17) is 5.11 Å². The molecule has 7 heteroatoms. The fourth-order valence-corrected chi connectivity index (χ4v) is 2.59. The Morgan fingerprint density at radius 3 is 2.95 bits per heavy atom. The molecule has 1 aromatic rings. The maximum Gasteiger partial charge on any atom is 0.318 e. The van der Waals surface area contributed by atoms with Gasteiger partial charge in [0.25, 0.3) is 0 Å². The minimum Gasteiger partial charge on any atom is -0.481 e. The number of carbonyl (C=O) groups is 2. The van der Waals surface area contributed by atoms with Crippen LogP contribution in [0.3, 0.4) is 0 Å². The van der Waals surface area contributed by atoms with E-state index in [2.05, 4.69) is 10.3 Å². The number of hydrogen-bond acceptors (Lipinski definition) is 3. The summed E-state index contributed by atoms with van der Waals surface area (Å²) in [7, 11) is 0. The van der Waals surface area contributed by atoms with Crippen molar-refractivity contribution in [2.24, 2.45) is 5.92 Å². The molecule has 106 valence electrons. The number of urea groups is 1. The molecule has 0 spiro atoms. The number of carboxylic acids is 1. The average Bonchev–Trinajstić information content (AvgIpc) is 3.05. The first-order valence-electron chi connectivity index (χ1n) is 6.60. The largest absolute Gasteiger partial charge is 0.481 e. The zero-order valence-electron chi connectivity index (χ0n) is 10.9. The van der Waals surface area contributed by atoms with Crippen molar-refractivity contribution in [2.75, 3.05) is 6.54 Å². The molecule has 0 bridgehead atoms. The summed E-state index contributed by atoms with van der Waals surface area (Å²) in [5.74, 6) is -0.477. The number of rotatable bonds is 2. The molecule has 0 saturated carbocycles. The highest BCUT2D eigenvalue weighted by molar-refractivity contribution is 5.76. The molecule has 0 radical (unpaired) electrons. The van der Waals surface area contributed by atoms with E-state index in [9.17, 15) is 9.59 Å². The predicted molar refractivity (Wildman–Crippen MR) is 69.8 cm³/mol. The summed E-state index contributed by atoms with van der Waals surface area (Å²) < 4.78 is 2.03. The fourth-order valence-electron chi connectivity index (χ4n) is 2.59. The lowest BCUT2D eigenvalue weighted by Crippen LogP contribution is -2.47. The van der Waals surface area contributed by atoms with Crippen molar-refractivity contribution in [3.8, 4) is 0 Å². The van der Waals surface area contributed by atoms with E-state index in [0.717, 1.165) is 12.4 Å². The van der Waals surface area contributed by atoms with Gasteiger partial charge in [-0.1, -0.05) is 12.2 Å². The van der Waals surface area contributed by atoms with Gasteiger partial charge in [0.05, 0.1) is 18.5 Å². The van der Waals surface area contributed by atoms with E-state index < -0.39 is 11.9 Å². The van der Waals surface area contributed by atoms with Crippen molar-refractivity contribution in [1.29, 1.82) is 0 Å². The molecule has 0 saturated heterocycles. The Morgan fingerprint density at radius 2 is 2.20 bits per heavy atom. The van der Waals surface area contributed by atoms with Crippen molar-refractivity contribution >= 4 is 12.0 Å². The monoisotopic (exact) mass is 276 g/mol. The van der Waals surface area contributed by atoms with E-state index in [1.807, 2.05) is 10.8 Å². The molecule has 3 rings (SSSR count). The van der Waals surface area contributed by atoms with Crippen molar-refractivity contribution in [1.82, 2.24) is 19.8 Å². The van der Waals surface area contributed by atoms with Crippen molar-refractivity contribution in [3.63, 3.8) is 0 Å². The van der Waals surface area contributed by atoms with Crippen LogP contribution in [0.5, 0.6) is 0 Å². The Bertz CT molecular complexity index is 566. The third kappa shape index (κ3) is 2.38. The van der Waals surface area contributed by atoms with E-state index in [0.29, 0.717) is 19.5 Å². The second-order valence-electron chi connectivity index (χ2n) is 5.08. The summed E-state index contributed by atoms with van der Waals surface area (Å²) in [5.41, 5.74) is 0. The SMILES string of the molecule is O=C(O)C1C=CC(NC(=O)N2CCn3ccnc3C2)C1. The maximum atomic E-state index is 12.2. The van der Waals surface area contributed by atoms with Gasteiger partial charge < -0.3 is 19.9 Å². The van der Waals surface area contributed by atoms with Gasteiger partial charge in [0, 0.05) is 25.5 Å². The molecule has 2 aliphatic rings. The molecule has 1 aromatic heterocycles. The zero-order valence-corrected chi connectivity index (χ0v) is 10.9. The number of nitrogens with one attached hydrogen (secondary N) is 1. The minimum absolute atomic E-state index is 0.167. The van der Waals surface area contributed by atoms with Crippen LogP contribution in [0.2, 0.25) is 0 Å². The van der Waals surface area contributed by atoms with Crippen LogP contribution in [-0.4, -0.2) is 44.1 Å². The fraction of sp³-hybridized carbons (Fsp3) is 0.462. The quantitative estimate of drug-likeness (QED) is 0.767. The number of aliphatic carboxylic acids is 1. The molecule has 1 aliphatic heterocycles. The summed E-state index contributed by atoms with van der Waals surface area (Å²) >= 11 is 0. The van der Waals surface area contributed by atoms with Crippen LogP contribution in [0.1, 0.15) is 12.2 Å². The van der Waals surface area contributed by atoms with Crippen LogP contribution in [0, 0.1) is 5.92 Å². The van der Waals surface area contributed by atoms with Crippen molar-refractivity contribution in [3.05, 3.63) is 30.4 Å². The van der Waals surface area contributed by atoms with Crippen LogP contribution in [-0.2, 0) is 17.9 Å². The molecule has 0 fully saturated rings. The number of amides is 2. The summed E-state index contributed by atoms with van der Waals surface area (Å²) in [6.45, 7) is 1.85. The van der Waals surface area contributed by atoms with Crippen LogP contribution >= 0.6 is 0 Å². The first-order chi connectivity index (χ1) is 9.63. The third-order valence-corrected chi connectivity index (χ3v) is 3.74. The van der Waals surface area contributed by atoms with E-state index in [-0.39, 0.29) is 12.1 Å². The van der Waals surface area contributed by atoms with Crippen LogP contribution < -0.4 is 5.32 Å². The van der Waals surface area contributed by atoms with Gasteiger partial charge in [0.1, 0.15) is 5.82 Å². The van der Waals surface area contributed by atoms with E-state index in [1.54, 1.807) is 23.2 Å². The molecule has 2 amide bonds. The van der Waals surface area contributed by atoms with Gasteiger partial charge in [-0.3, -0.25) is 4.79 Å². The van der Waals surface area contributed by atoms with Crippen LogP contribution in [0.15, 0.2) is 24.5 Å². The second kappa shape index (κ2) is 4.99. The average molecular weight is 276 g/mol. The van der Waals surface area contributed by atoms with E-state index >= 15 is 0 Å². The smallest absolute Gasteiger partial charge is 0.318 e. The molecule has 0 aromatic carbocycles. The maximum absolute atomic E-state index is 12.2. The Balaban J connectivity index is 1.56. The summed E-state index contributed by atoms with van der Waals surface area (Å²) in [6, 6.07) is -0.370. The van der Waals surface area contributed by atoms with Gasteiger partial charge in [-0.05, 0) is 6.42 Å². The van der Waals surface area contributed by atoms with Crippen molar-refractivity contribution in [2.45, 2.75) is 25.6 Å². The minimum atomic E-state index is -0.849. The standard InChI is InChI=1S/C13H16N4O3/c18-12(19)9-1-2-10(7-9)15-13(20)17-6-5-16-4-3-14-11(16)8-17/h1-4,9-10H,5-8H2,(H,15,20)(H,18,19). The summed E-state index contributed by atoms with van der Waals surface area (Å²) in [5, 5.41) is 11.8. The normalized spacial score (nSPS) is 24.5. The first-order valence-corrected chi connectivity index (χ1v) is 6.60. The van der Waals surface area contributed by atoms with Crippen LogP contribution in [0.25, 0.3) is 0 Å². The number of carbonyl (C=O) groups excluding carboxylic acids is 1. The molecule has 7 nitrogen and oxygen atoms in total. The first kappa shape index (κ1) is 12.7. The predicted octanol–water partition coefficient (Wildman–Crippen LogP) is 0.438. The number of aromatic nitrogens is 2. The highest BCUT2D eigenvalue weighted by Gasteiger charge is 2.28.